The van der Waals surface area contributed by atoms with Gasteiger partial charge in [0.15, 0.2) is 11.5 Å². The molecule has 0 aliphatic carbocycles. The van der Waals surface area contributed by atoms with E-state index < -0.39 is 35.2 Å². The molecule has 0 heterocycles. The number of methoxy groups -OCH3 is 2. The zero-order valence-electron chi connectivity index (χ0n) is 14.7. The minimum Gasteiger partial charge on any atom is -0.504 e. The lowest BCUT2D eigenvalue weighted by Gasteiger charge is -2.13. The summed E-state index contributed by atoms with van der Waals surface area (Å²) < 4.78 is 53.8. The van der Waals surface area contributed by atoms with Crippen LogP contribution >= 0.6 is 0 Å². The van der Waals surface area contributed by atoms with Gasteiger partial charge >= 0.3 is 18.1 Å². The molecule has 2 aromatic carbocycles. The van der Waals surface area contributed by atoms with Gasteiger partial charge in [-0.15, -0.1) is 0 Å². The van der Waals surface area contributed by atoms with E-state index >= 15 is 0 Å². The summed E-state index contributed by atoms with van der Waals surface area (Å²) in [7, 11) is 2.11. The number of benzene rings is 2. The van der Waals surface area contributed by atoms with Gasteiger partial charge in [0.2, 0.25) is 5.76 Å². The van der Waals surface area contributed by atoms with Gasteiger partial charge in [-0.3, -0.25) is 0 Å². The van der Waals surface area contributed by atoms with Crippen LogP contribution in [0.3, 0.4) is 0 Å². The van der Waals surface area contributed by atoms with Crippen LogP contribution in [0.2, 0.25) is 0 Å². The van der Waals surface area contributed by atoms with Gasteiger partial charge in [-0.05, 0) is 29.8 Å². The summed E-state index contributed by atoms with van der Waals surface area (Å²) in [5.74, 6) is -3.57. The van der Waals surface area contributed by atoms with Crippen LogP contribution in [0.25, 0.3) is 6.08 Å². The number of alkyl halides is 3. The van der Waals surface area contributed by atoms with E-state index in [-0.39, 0.29) is 16.9 Å². The first kappa shape index (κ1) is 20.8. The highest BCUT2D eigenvalue weighted by atomic mass is 19.4. The number of carbonyl (C=O) groups is 2. The number of phenolic OH excluding ortho intramolecular Hbond substituents is 1. The van der Waals surface area contributed by atoms with E-state index in [4.69, 9.17) is 4.74 Å². The van der Waals surface area contributed by atoms with Crippen molar-refractivity contribution >= 4 is 18.0 Å². The van der Waals surface area contributed by atoms with Gasteiger partial charge in [0, 0.05) is 0 Å². The number of aromatic hydroxyl groups is 1. The number of halogens is 3. The quantitative estimate of drug-likeness (QED) is 0.471. The first-order valence-corrected chi connectivity index (χ1v) is 7.73. The Morgan fingerprint density at radius 2 is 1.68 bits per heavy atom. The molecule has 148 valence electrons. The van der Waals surface area contributed by atoms with Gasteiger partial charge in [-0.1, -0.05) is 24.3 Å². The summed E-state index contributed by atoms with van der Waals surface area (Å²) in [5.41, 5.74) is -1.59. The number of hydrogen-bond donors (Lipinski definition) is 1. The summed E-state index contributed by atoms with van der Waals surface area (Å²) in [6.45, 7) is 0. The fraction of sp³-hybridized carbons (Fsp3) is 0.158. The molecular formula is C19H15F3O6. The molecule has 0 spiro atoms. The molecule has 0 amide bonds. The van der Waals surface area contributed by atoms with Crippen molar-refractivity contribution in [2.75, 3.05) is 14.2 Å². The minimum atomic E-state index is -4.67. The summed E-state index contributed by atoms with van der Waals surface area (Å²) in [6, 6.07) is 8.33. The fourth-order valence-electron chi connectivity index (χ4n) is 2.25. The van der Waals surface area contributed by atoms with Gasteiger partial charge in [-0.2, -0.15) is 13.2 Å². The molecule has 2 rings (SSSR count). The van der Waals surface area contributed by atoms with Gasteiger partial charge in [0.1, 0.15) is 5.56 Å². The molecule has 28 heavy (non-hydrogen) atoms. The minimum absolute atomic E-state index is 0.250. The van der Waals surface area contributed by atoms with Crippen molar-refractivity contribution in [3.8, 4) is 11.5 Å². The number of hydrogen-bond acceptors (Lipinski definition) is 6. The van der Waals surface area contributed by atoms with Crippen LogP contribution < -0.4 is 4.74 Å². The second kappa shape index (κ2) is 8.47. The number of rotatable bonds is 5. The summed E-state index contributed by atoms with van der Waals surface area (Å²) in [4.78, 5) is 23.6. The van der Waals surface area contributed by atoms with Crippen molar-refractivity contribution in [3.05, 3.63) is 64.9 Å². The van der Waals surface area contributed by atoms with Crippen LogP contribution in [0.1, 0.15) is 21.5 Å². The standard InChI is InChI=1S/C19H15F3O6/c1-26-17(24)12-7-5-9-14(16(12)23)28-15(18(25)27-2)10-11-6-3-4-8-13(11)19(20,21)22/h3-10,23H,1-2H3/b15-10-. The Balaban J connectivity index is 2.53. The van der Waals surface area contributed by atoms with E-state index in [1.54, 1.807) is 0 Å². The van der Waals surface area contributed by atoms with Gasteiger partial charge in [0.25, 0.3) is 0 Å². The molecule has 0 bridgehead atoms. The van der Waals surface area contributed by atoms with Crippen LogP contribution in [0.4, 0.5) is 13.2 Å². The number of esters is 2. The average Bonchev–Trinajstić information content (AvgIpc) is 2.67. The summed E-state index contributed by atoms with van der Waals surface area (Å²) >= 11 is 0. The molecule has 0 unspecified atom stereocenters. The van der Waals surface area contributed by atoms with Crippen molar-refractivity contribution in [2.24, 2.45) is 0 Å². The summed E-state index contributed by atoms with van der Waals surface area (Å²) in [5, 5.41) is 10.2. The lowest BCUT2D eigenvalue weighted by molar-refractivity contribution is -0.139. The average molecular weight is 396 g/mol. The molecular weight excluding hydrogens is 381 g/mol. The molecule has 0 aromatic heterocycles. The van der Waals surface area contributed by atoms with Gasteiger partial charge in [0.05, 0.1) is 19.8 Å². The summed E-state index contributed by atoms with van der Waals surface area (Å²) in [6.07, 6.45) is -3.83. The van der Waals surface area contributed by atoms with Crippen molar-refractivity contribution in [1.29, 1.82) is 0 Å². The SMILES string of the molecule is COC(=O)/C(=C/c1ccccc1C(F)(F)F)Oc1cccc(C(=O)OC)c1O. The first-order valence-electron chi connectivity index (χ1n) is 7.73. The van der Waals surface area contributed by atoms with E-state index in [1.807, 2.05) is 0 Å². The third kappa shape index (κ3) is 4.61. The topological polar surface area (TPSA) is 82.1 Å². The van der Waals surface area contributed by atoms with Crippen LogP contribution in [0, 0.1) is 0 Å². The molecule has 0 fully saturated rings. The van der Waals surface area contributed by atoms with Crippen LogP contribution in [-0.4, -0.2) is 31.3 Å². The number of para-hydroxylation sites is 1. The highest BCUT2D eigenvalue weighted by Crippen LogP contribution is 2.35. The first-order chi connectivity index (χ1) is 13.2. The molecule has 2 aromatic rings. The smallest absolute Gasteiger partial charge is 0.416 e. The Morgan fingerprint density at radius 1 is 1.00 bits per heavy atom. The van der Waals surface area contributed by atoms with Crippen LogP contribution in [0.15, 0.2) is 48.2 Å². The van der Waals surface area contributed by atoms with Gasteiger partial charge < -0.3 is 19.3 Å². The van der Waals surface area contributed by atoms with Crippen molar-refractivity contribution in [3.63, 3.8) is 0 Å². The molecule has 0 atom stereocenters. The second-order valence-corrected chi connectivity index (χ2v) is 5.33. The molecule has 0 saturated carbocycles. The maximum atomic E-state index is 13.2. The predicted molar refractivity (Wildman–Crippen MR) is 91.5 cm³/mol. The normalized spacial score (nSPS) is 11.7. The molecule has 9 heteroatoms. The molecule has 0 radical (unpaired) electrons. The van der Waals surface area contributed by atoms with Crippen LogP contribution in [-0.2, 0) is 20.4 Å². The lowest BCUT2D eigenvalue weighted by atomic mass is 10.1. The van der Waals surface area contributed by atoms with Crippen molar-refractivity contribution in [1.82, 2.24) is 0 Å². The lowest BCUT2D eigenvalue weighted by Crippen LogP contribution is -2.13. The molecule has 0 aliphatic rings. The Morgan fingerprint density at radius 3 is 2.29 bits per heavy atom. The Kier molecular flexibility index (Phi) is 6.29. The van der Waals surface area contributed by atoms with E-state index in [0.717, 1.165) is 32.4 Å². The zero-order chi connectivity index (χ0) is 20.9. The van der Waals surface area contributed by atoms with Crippen molar-refractivity contribution < 1.29 is 42.1 Å². The fourth-order valence-corrected chi connectivity index (χ4v) is 2.25. The highest BCUT2D eigenvalue weighted by molar-refractivity contribution is 5.94. The third-order valence-electron chi connectivity index (χ3n) is 3.56. The number of phenols is 1. The Hall–Kier alpha value is -3.49. The highest BCUT2D eigenvalue weighted by Gasteiger charge is 2.33. The number of ether oxygens (including phenoxy) is 3. The molecule has 0 aliphatic heterocycles. The zero-order valence-corrected chi connectivity index (χ0v) is 14.7. The molecule has 1 N–H and O–H groups in total. The Labute approximate surface area is 157 Å². The predicted octanol–water partition coefficient (Wildman–Crippen LogP) is 3.79. The third-order valence-corrected chi connectivity index (χ3v) is 3.56. The largest absolute Gasteiger partial charge is 0.504 e. The molecule has 0 saturated heterocycles. The van der Waals surface area contributed by atoms with Crippen LogP contribution in [0.5, 0.6) is 11.5 Å². The second-order valence-electron chi connectivity index (χ2n) is 5.33. The molecule has 6 nitrogen and oxygen atoms in total. The van der Waals surface area contributed by atoms with E-state index in [1.165, 1.54) is 30.3 Å². The van der Waals surface area contributed by atoms with Crippen molar-refractivity contribution in [2.45, 2.75) is 6.18 Å². The van der Waals surface area contributed by atoms with Gasteiger partial charge in [-0.25, -0.2) is 9.59 Å². The maximum Gasteiger partial charge on any atom is 0.416 e. The van der Waals surface area contributed by atoms with E-state index in [0.29, 0.717) is 0 Å². The Bertz CT molecular complexity index is 918. The monoisotopic (exact) mass is 396 g/mol. The maximum absolute atomic E-state index is 13.2. The van der Waals surface area contributed by atoms with E-state index in [2.05, 4.69) is 9.47 Å². The number of carbonyl (C=O) groups excluding carboxylic acids is 2. The van der Waals surface area contributed by atoms with E-state index in [9.17, 15) is 27.9 Å².